The van der Waals surface area contributed by atoms with E-state index in [4.69, 9.17) is 0 Å². The van der Waals surface area contributed by atoms with Crippen molar-refractivity contribution in [3.63, 3.8) is 0 Å². The number of nitrogens with one attached hydrogen (secondary N) is 3. The van der Waals surface area contributed by atoms with E-state index >= 15 is 0 Å². The lowest BCUT2D eigenvalue weighted by atomic mass is 9.54. The molecule has 0 unspecified atom stereocenters. The van der Waals surface area contributed by atoms with Crippen molar-refractivity contribution in [1.82, 2.24) is 10.3 Å². The number of carbonyl (C=O) groups is 2. The molecule has 4 bridgehead atoms. The first kappa shape index (κ1) is 22.3. The molecule has 3 aromatic carbocycles. The van der Waals surface area contributed by atoms with Crippen LogP contribution in [0.1, 0.15) is 52.8 Å². The van der Waals surface area contributed by atoms with E-state index in [2.05, 4.69) is 21.7 Å². The number of carbonyl (C=O) groups excluding carboxylic acids is 2. The van der Waals surface area contributed by atoms with E-state index in [1.165, 1.54) is 32.1 Å². The van der Waals surface area contributed by atoms with E-state index in [0.29, 0.717) is 23.4 Å². The highest BCUT2D eigenvalue weighted by atomic mass is 16.2. The van der Waals surface area contributed by atoms with Crippen LogP contribution in [0.15, 0.2) is 78.9 Å². The molecule has 0 spiro atoms. The molecule has 1 aromatic heterocycles. The van der Waals surface area contributed by atoms with Crippen molar-refractivity contribution in [2.24, 2.45) is 23.7 Å². The predicted molar refractivity (Wildman–Crippen MR) is 146 cm³/mol. The summed E-state index contributed by atoms with van der Waals surface area (Å²) < 4.78 is 0. The molecule has 8 rings (SSSR count). The molecule has 0 saturated heterocycles. The molecule has 0 aliphatic heterocycles. The molecule has 5 nitrogen and oxygen atoms in total. The Labute approximate surface area is 216 Å². The van der Waals surface area contributed by atoms with E-state index in [9.17, 15) is 9.59 Å². The third kappa shape index (κ3) is 4.22. The van der Waals surface area contributed by atoms with Gasteiger partial charge in [0.1, 0.15) is 0 Å². The fourth-order valence-electron chi connectivity index (χ4n) is 7.35. The van der Waals surface area contributed by atoms with Gasteiger partial charge in [0, 0.05) is 39.5 Å². The zero-order chi connectivity index (χ0) is 24.9. The Hall–Kier alpha value is -3.86. The van der Waals surface area contributed by atoms with Crippen molar-refractivity contribution in [2.75, 3.05) is 5.32 Å². The average Bonchev–Trinajstić information content (AvgIpc) is 3.35. The summed E-state index contributed by atoms with van der Waals surface area (Å²) in [5, 5.41) is 7.40. The van der Waals surface area contributed by atoms with Crippen LogP contribution in [0, 0.1) is 23.7 Å². The molecule has 1 heterocycles. The Bertz CT molecular complexity index is 1440. The molecule has 0 radical (unpaired) electrons. The lowest BCUT2D eigenvalue weighted by Gasteiger charge is -2.54. The summed E-state index contributed by atoms with van der Waals surface area (Å²) in [5.41, 5.74) is 5.11. The van der Waals surface area contributed by atoms with Crippen LogP contribution in [0.3, 0.4) is 0 Å². The van der Waals surface area contributed by atoms with Gasteiger partial charge >= 0.3 is 0 Å². The van der Waals surface area contributed by atoms with Gasteiger partial charge in [0.15, 0.2) is 0 Å². The SMILES string of the molecule is O=C(Nc1ccc(-c2cc3cc(C(=O)NC4C5C[C@H]6C[C@@H](C5)C[C@@H]4C6)ccc3[nH]2)cc1)c1ccccc1. The lowest BCUT2D eigenvalue weighted by molar-refractivity contribution is -0.0119. The first-order valence-corrected chi connectivity index (χ1v) is 13.5. The van der Waals surface area contributed by atoms with E-state index in [1.807, 2.05) is 60.7 Å². The second kappa shape index (κ2) is 8.91. The summed E-state index contributed by atoms with van der Waals surface area (Å²) in [5.74, 6) is 3.07. The van der Waals surface area contributed by atoms with Crippen LogP contribution >= 0.6 is 0 Å². The van der Waals surface area contributed by atoms with Crippen LogP contribution < -0.4 is 10.6 Å². The Kier molecular flexibility index (Phi) is 5.38. The molecule has 2 amide bonds. The van der Waals surface area contributed by atoms with Gasteiger partial charge < -0.3 is 15.6 Å². The number of hydrogen-bond acceptors (Lipinski definition) is 2. The van der Waals surface area contributed by atoms with E-state index < -0.39 is 0 Å². The van der Waals surface area contributed by atoms with Crippen LogP contribution in [0.4, 0.5) is 5.69 Å². The maximum absolute atomic E-state index is 13.2. The van der Waals surface area contributed by atoms with Gasteiger partial charge in [-0.15, -0.1) is 0 Å². The van der Waals surface area contributed by atoms with E-state index in [1.54, 1.807) is 12.1 Å². The van der Waals surface area contributed by atoms with Gasteiger partial charge in [-0.2, -0.15) is 0 Å². The molecular formula is C32H31N3O2. The molecule has 4 aliphatic rings. The summed E-state index contributed by atoms with van der Waals surface area (Å²) in [4.78, 5) is 29.1. The topological polar surface area (TPSA) is 74.0 Å². The monoisotopic (exact) mass is 489 g/mol. The maximum Gasteiger partial charge on any atom is 0.255 e. The number of benzene rings is 3. The van der Waals surface area contributed by atoms with Gasteiger partial charge in [0.25, 0.3) is 11.8 Å². The minimum absolute atomic E-state index is 0.0561. The van der Waals surface area contributed by atoms with Gasteiger partial charge in [0.2, 0.25) is 0 Å². The summed E-state index contributed by atoms with van der Waals surface area (Å²) in [6, 6.07) is 25.4. The summed E-state index contributed by atoms with van der Waals surface area (Å²) >= 11 is 0. The third-order valence-electron chi connectivity index (χ3n) is 8.90. The van der Waals surface area contributed by atoms with Crippen molar-refractivity contribution in [3.05, 3.63) is 90.0 Å². The maximum atomic E-state index is 13.2. The van der Waals surface area contributed by atoms with Crippen LogP contribution in [0.5, 0.6) is 0 Å². The molecule has 37 heavy (non-hydrogen) atoms. The predicted octanol–water partition coefficient (Wildman–Crippen LogP) is 6.64. The molecule has 4 saturated carbocycles. The fraction of sp³-hybridized carbons (Fsp3) is 0.312. The smallest absolute Gasteiger partial charge is 0.255 e. The van der Waals surface area contributed by atoms with Crippen molar-refractivity contribution < 1.29 is 9.59 Å². The fourth-order valence-corrected chi connectivity index (χ4v) is 7.35. The molecule has 4 aromatic rings. The third-order valence-corrected chi connectivity index (χ3v) is 8.90. The number of anilines is 1. The number of hydrogen-bond donors (Lipinski definition) is 3. The number of amides is 2. The molecule has 186 valence electrons. The van der Waals surface area contributed by atoms with Crippen LogP contribution in [0.2, 0.25) is 0 Å². The van der Waals surface area contributed by atoms with Crippen molar-refractivity contribution >= 4 is 28.4 Å². The normalized spacial score (nSPS) is 25.8. The lowest BCUT2D eigenvalue weighted by Crippen LogP contribution is -2.55. The molecular weight excluding hydrogens is 458 g/mol. The van der Waals surface area contributed by atoms with Crippen LogP contribution in [-0.4, -0.2) is 22.8 Å². The number of fused-ring (bicyclic) bond motifs is 1. The number of aromatic amines is 1. The van der Waals surface area contributed by atoms with Crippen LogP contribution in [0.25, 0.3) is 22.2 Å². The van der Waals surface area contributed by atoms with Gasteiger partial charge in [-0.05, 0) is 110 Å². The summed E-state index contributed by atoms with van der Waals surface area (Å²) in [6.07, 6.45) is 6.62. The Morgan fingerprint density at radius 3 is 2.11 bits per heavy atom. The second-order valence-electron chi connectivity index (χ2n) is 11.3. The van der Waals surface area contributed by atoms with E-state index in [0.717, 1.165) is 45.2 Å². The number of H-pyrrole nitrogens is 1. The highest BCUT2D eigenvalue weighted by molar-refractivity contribution is 6.04. The highest BCUT2D eigenvalue weighted by Gasteiger charge is 2.48. The van der Waals surface area contributed by atoms with Gasteiger partial charge in [-0.1, -0.05) is 30.3 Å². The standard InChI is InChI=1S/C32H31N3O2/c36-31(22-4-2-1-3-5-22)33-27-9-6-21(7-10-27)29-18-24-17-23(8-11-28(24)34-29)32(37)35-30-25-13-19-12-20(15-25)16-26(30)14-19/h1-11,17-20,25-26,30,34H,12-16H2,(H,33,36)(H,35,37)/t19-,20+,25-,26?,30?. The second-order valence-corrected chi connectivity index (χ2v) is 11.3. The molecule has 5 heteroatoms. The van der Waals surface area contributed by atoms with Gasteiger partial charge in [-0.3, -0.25) is 9.59 Å². The largest absolute Gasteiger partial charge is 0.355 e. The first-order valence-electron chi connectivity index (χ1n) is 13.5. The van der Waals surface area contributed by atoms with Gasteiger partial charge in [-0.25, -0.2) is 0 Å². The first-order chi connectivity index (χ1) is 18.1. The number of rotatable bonds is 5. The minimum atomic E-state index is -0.126. The highest BCUT2D eigenvalue weighted by Crippen LogP contribution is 2.53. The Morgan fingerprint density at radius 2 is 1.41 bits per heavy atom. The van der Waals surface area contributed by atoms with Crippen molar-refractivity contribution in [2.45, 2.75) is 38.1 Å². The molecule has 4 fully saturated rings. The Balaban J connectivity index is 1.05. The molecule has 4 aliphatic carbocycles. The minimum Gasteiger partial charge on any atom is -0.355 e. The van der Waals surface area contributed by atoms with Crippen LogP contribution in [-0.2, 0) is 0 Å². The van der Waals surface area contributed by atoms with Gasteiger partial charge in [0.05, 0.1) is 0 Å². The summed E-state index contributed by atoms with van der Waals surface area (Å²) in [6.45, 7) is 0. The average molecular weight is 490 g/mol. The molecule has 3 N–H and O–H groups in total. The summed E-state index contributed by atoms with van der Waals surface area (Å²) in [7, 11) is 0. The zero-order valence-corrected chi connectivity index (χ0v) is 20.7. The number of aromatic nitrogens is 1. The van der Waals surface area contributed by atoms with Crippen molar-refractivity contribution in [3.8, 4) is 11.3 Å². The van der Waals surface area contributed by atoms with E-state index in [-0.39, 0.29) is 11.8 Å². The Morgan fingerprint density at radius 1 is 0.703 bits per heavy atom. The molecule has 0 atom stereocenters. The zero-order valence-electron chi connectivity index (χ0n) is 20.7. The quantitative estimate of drug-likeness (QED) is 0.294. The van der Waals surface area contributed by atoms with Crippen molar-refractivity contribution in [1.29, 1.82) is 0 Å².